The molecule has 1 aromatic carbocycles. The summed E-state index contributed by atoms with van der Waals surface area (Å²) in [5.74, 6) is -0.681. The van der Waals surface area contributed by atoms with Gasteiger partial charge in [-0.25, -0.2) is 0 Å². The van der Waals surface area contributed by atoms with Crippen LogP contribution in [0, 0.1) is 0 Å². The molecular weight excluding hydrogens is 255 g/mol. The minimum atomic E-state index is -4.40. The zero-order valence-corrected chi connectivity index (χ0v) is 10.8. The SMILES string of the molecule is CCCCC[C@H](NC(=O)c1ccccc1)C(F)(F)F. The standard InChI is InChI=1S/C14H18F3NO/c1-2-3-5-10-12(14(15,16)17)18-13(19)11-8-6-4-7-9-11/h4,6-9,12H,2-3,5,10H2,1H3,(H,18,19)/t12-/m0/s1. The molecule has 1 amide bonds. The zero-order valence-electron chi connectivity index (χ0n) is 10.8. The first-order chi connectivity index (χ1) is 8.95. The number of benzene rings is 1. The maximum absolute atomic E-state index is 12.8. The van der Waals surface area contributed by atoms with Gasteiger partial charge in [-0.1, -0.05) is 44.4 Å². The van der Waals surface area contributed by atoms with E-state index in [1.165, 1.54) is 12.1 Å². The number of unbranched alkanes of at least 4 members (excludes halogenated alkanes) is 2. The number of amides is 1. The Balaban J connectivity index is 2.64. The van der Waals surface area contributed by atoms with Crippen LogP contribution in [0.5, 0.6) is 0 Å². The quantitative estimate of drug-likeness (QED) is 0.782. The van der Waals surface area contributed by atoms with Crippen molar-refractivity contribution in [3.63, 3.8) is 0 Å². The molecule has 0 saturated heterocycles. The molecule has 106 valence electrons. The van der Waals surface area contributed by atoms with E-state index < -0.39 is 18.1 Å². The van der Waals surface area contributed by atoms with Crippen LogP contribution in [-0.4, -0.2) is 18.1 Å². The Bertz CT molecular complexity index is 389. The van der Waals surface area contributed by atoms with Crippen LogP contribution in [0.2, 0.25) is 0 Å². The van der Waals surface area contributed by atoms with Gasteiger partial charge in [-0.15, -0.1) is 0 Å². The number of carbonyl (C=O) groups excluding carboxylic acids is 1. The molecule has 5 heteroatoms. The molecule has 0 aliphatic rings. The number of hydrogen-bond donors (Lipinski definition) is 1. The molecule has 0 aliphatic heterocycles. The van der Waals surface area contributed by atoms with Gasteiger partial charge in [0.2, 0.25) is 0 Å². The van der Waals surface area contributed by atoms with Gasteiger partial charge in [-0.05, 0) is 18.6 Å². The van der Waals surface area contributed by atoms with Gasteiger partial charge in [-0.3, -0.25) is 4.79 Å². The molecule has 0 spiro atoms. The van der Waals surface area contributed by atoms with Gasteiger partial charge < -0.3 is 5.32 Å². The molecule has 0 unspecified atom stereocenters. The van der Waals surface area contributed by atoms with Crippen molar-refractivity contribution in [2.75, 3.05) is 0 Å². The molecule has 2 nitrogen and oxygen atoms in total. The second-order valence-corrected chi connectivity index (χ2v) is 4.43. The number of halogens is 3. The number of hydrogen-bond acceptors (Lipinski definition) is 1. The third kappa shape index (κ3) is 5.32. The lowest BCUT2D eigenvalue weighted by Gasteiger charge is -2.21. The third-order valence-corrected chi connectivity index (χ3v) is 2.83. The number of carbonyl (C=O) groups is 1. The molecule has 0 radical (unpaired) electrons. The van der Waals surface area contributed by atoms with Crippen molar-refractivity contribution in [2.24, 2.45) is 0 Å². The highest BCUT2D eigenvalue weighted by Crippen LogP contribution is 2.24. The average Bonchev–Trinajstić information content (AvgIpc) is 2.37. The molecular formula is C14H18F3NO. The van der Waals surface area contributed by atoms with Crippen LogP contribution in [0.15, 0.2) is 30.3 Å². The summed E-state index contributed by atoms with van der Waals surface area (Å²) in [6, 6.07) is 6.17. The molecule has 1 rings (SSSR count). The Labute approximate surface area is 111 Å². The molecule has 1 N–H and O–H groups in total. The predicted molar refractivity (Wildman–Crippen MR) is 67.9 cm³/mol. The van der Waals surface area contributed by atoms with Gasteiger partial charge in [-0.2, -0.15) is 13.2 Å². The minimum Gasteiger partial charge on any atom is -0.340 e. The van der Waals surface area contributed by atoms with Gasteiger partial charge >= 0.3 is 6.18 Å². The normalized spacial score (nSPS) is 13.1. The van der Waals surface area contributed by atoms with Crippen molar-refractivity contribution >= 4 is 5.91 Å². The van der Waals surface area contributed by atoms with Gasteiger partial charge in [0.1, 0.15) is 6.04 Å². The molecule has 0 fully saturated rings. The van der Waals surface area contributed by atoms with Crippen LogP contribution < -0.4 is 5.32 Å². The lowest BCUT2D eigenvalue weighted by molar-refractivity contribution is -0.155. The fourth-order valence-electron chi connectivity index (χ4n) is 1.75. The van der Waals surface area contributed by atoms with Crippen LogP contribution >= 0.6 is 0 Å². The Hall–Kier alpha value is -1.52. The highest BCUT2D eigenvalue weighted by atomic mass is 19.4. The van der Waals surface area contributed by atoms with E-state index in [1.54, 1.807) is 18.2 Å². The van der Waals surface area contributed by atoms with Gasteiger partial charge in [0.15, 0.2) is 0 Å². The van der Waals surface area contributed by atoms with E-state index in [0.29, 0.717) is 6.42 Å². The van der Waals surface area contributed by atoms with E-state index in [1.807, 2.05) is 6.92 Å². The van der Waals surface area contributed by atoms with Crippen molar-refractivity contribution < 1.29 is 18.0 Å². The largest absolute Gasteiger partial charge is 0.408 e. The molecule has 0 saturated carbocycles. The third-order valence-electron chi connectivity index (χ3n) is 2.83. The van der Waals surface area contributed by atoms with E-state index in [4.69, 9.17) is 0 Å². The minimum absolute atomic E-state index is 0.0735. The summed E-state index contributed by atoms with van der Waals surface area (Å²) in [5.41, 5.74) is 0.243. The van der Waals surface area contributed by atoms with Crippen LogP contribution in [-0.2, 0) is 0 Å². The first kappa shape index (κ1) is 15.5. The predicted octanol–water partition coefficient (Wildman–Crippen LogP) is 3.93. The molecule has 0 heterocycles. The van der Waals surface area contributed by atoms with Gasteiger partial charge in [0, 0.05) is 5.56 Å². The van der Waals surface area contributed by atoms with Crippen LogP contribution in [0.1, 0.15) is 43.0 Å². The smallest absolute Gasteiger partial charge is 0.340 e. The molecule has 1 aromatic rings. The first-order valence-electron chi connectivity index (χ1n) is 6.37. The Morgan fingerprint density at radius 2 is 1.84 bits per heavy atom. The lowest BCUT2D eigenvalue weighted by Crippen LogP contribution is -2.45. The molecule has 19 heavy (non-hydrogen) atoms. The van der Waals surface area contributed by atoms with Crippen LogP contribution in [0.4, 0.5) is 13.2 Å². The van der Waals surface area contributed by atoms with E-state index in [0.717, 1.165) is 12.8 Å². The van der Waals surface area contributed by atoms with Crippen molar-refractivity contribution in [3.05, 3.63) is 35.9 Å². The maximum atomic E-state index is 12.8. The molecule has 0 aliphatic carbocycles. The molecule has 1 atom stereocenters. The van der Waals surface area contributed by atoms with Crippen molar-refractivity contribution in [1.29, 1.82) is 0 Å². The van der Waals surface area contributed by atoms with Crippen molar-refractivity contribution in [3.8, 4) is 0 Å². The maximum Gasteiger partial charge on any atom is 0.408 e. The second kappa shape index (κ2) is 7.16. The summed E-state index contributed by atoms with van der Waals surface area (Å²) in [6.07, 6.45) is -2.45. The topological polar surface area (TPSA) is 29.1 Å². The van der Waals surface area contributed by atoms with E-state index >= 15 is 0 Å². The van der Waals surface area contributed by atoms with Crippen molar-refractivity contribution in [1.82, 2.24) is 5.32 Å². The summed E-state index contributed by atoms with van der Waals surface area (Å²) < 4.78 is 38.4. The first-order valence-corrected chi connectivity index (χ1v) is 6.37. The lowest BCUT2D eigenvalue weighted by atomic mass is 10.1. The Kier molecular flexibility index (Phi) is 5.86. The summed E-state index contributed by atoms with van der Waals surface area (Å²) in [5, 5.41) is 2.07. The number of alkyl halides is 3. The van der Waals surface area contributed by atoms with E-state index in [2.05, 4.69) is 5.32 Å². The highest BCUT2D eigenvalue weighted by Gasteiger charge is 2.40. The monoisotopic (exact) mass is 273 g/mol. The second-order valence-electron chi connectivity index (χ2n) is 4.43. The summed E-state index contributed by atoms with van der Waals surface area (Å²) in [6.45, 7) is 1.92. The summed E-state index contributed by atoms with van der Waals surface area (Å²) >= 11 is 0. The summed E-state index contributed by atoms with van der Waals surface area (Å²) in [4.78, 5) is 11.7. The average molecular weight is 273 g/mol. The van der Waals surface area contributed by atoms with Gasteiger partial charge in [0.25, 0.3) is 5.91 Å². The van der Waals surface area contributed by atoms with E-state index in [9.17, 15) is 18.0 Å². The number of rotatable bonds is 6. The zero-order chi connectivity index (χ0) is 14.3. The van der Waals surface area contributed by atoms with E-state index in [-0.39, 0.29) is 12.0 Å². The molecule has 0 bridgehead atoms. The van der Waals surface area contributed by atoms with Crippen molar-refractivity contribution in [2.45, 2.75) is 44.8 Å². The highest BCUT2D eigenvalue weighted by molar-refractivity contribution is 5.94. The van der Waals surface area contributed by atoms with Crippen LogP contribution in [0.3, 0.4) is 0 Å². The summed E-state index contributed by atoms with van der Waals surface area (Å²) in [7, 11) is 0. The Morgan fingerprint density at radius 3 is 2.37 bits per heavy atom. The molecule has 0 aromatic heterocycles. The fourth-order valence-corrected chi connectivity index (χ4v) is 1.75. The fraction of sp³-hybridized carbons (Fsp3) is 0.500. The Morgan fingerprint density at radius 1 is 1.21 bits per heavy atom. The number of nitrogens with one attached hydrogen (secondary N) is 1. The van der Waals surface area contributed by atoms with Crippen LogP contribution in [0.25, 0.3) is 0 Å². The van der Waals surface area contributed by atoms with Gasteiger partial charge in [0.05, 0.1) is 0 Å².